The summed E-state index contributed by atoms with van der Waals surface area (Å²) >= 11 is 0. The van der Waals surface area contributed by atoms with Gasteiger partial charge in [-0.3, -0.25) is 0 Å². The number of rotatable bonds is 14. The van der Waals surface area contributed by atoms with E-state index in [4.69, 9.17) is 28.4 Å². The Morgan fingerprint density at radius 2 is 1.50 bits per heavy atom. The third-order valence-electron chi connectivity index (χ3n) is 3.66. The summed E-state index contributed by atoms with van der Waals surface area (Å²) in [6.07, 6.45) is -0.694. The van der Waals surface area contributed by atoms with Gasteiger partial charge in [0.05, 0.1) is 39.6 Å². The molecule has 0 radical (unpaired) electrons. The molecule has 1 aliphatic heterocycles. The molecule has 7 heteroatoms. The van der Waals surface area contributed by atoms with Gasteiger partial charge < -0.3 is 28.4 Å². The Labute approximate surface area is 154 Å². The van der Waals surface area contributed by atoms with E-state index in [1.54, 1.807) is 6.92 Å². The van der Waals surface area contributed by atoms with E-state index in [1.165, 1.54) is 0 Å². The van der Waals surface area contributed by atoms with Crippen molar-refractivity contribution in [2.75, 3.05) is 52.9 Å². The maximum atomic E-state index is 11.6. The van der Waals surface area contributed by atoms with Gasteiger partial charge in [0, 0.05) is 6.61 Å². The number of esters is 1. The minimum Gasteiger partial charge on any atom is -0.491 e. The van der Waals surface area contributed by atoms with Gasteiger partial charge in [0.1, 0.15) is 18.5 Å². The number of benzene rings is 1. The molecule has 1 aromatic rings. The second-order valence-corrected chi connectivity index (χ2v) is 5.57. The zero-order chi connectivity index (χ0) is 18.6. The lowest BCUT2D eigenvalue weighted by Crippen LogP contribution is -2.12. The van der Waals surface area contributed by atoms with Crippen LogP contribution in [-0.2, 0) is 28.5 Å². The summed E-state index contributed by atoms with van der Waals surface area (Å²) in [6, 6.07) is 7.50. The van der Waals surface area contributed by atoms with Crippen LogP contribution in [0.15, 0.2) is 24.3 Å². The summed E-state index contributed by atoms with van der Waals surface area (Å²) in [5, 5.41) is 0. The van der Waals surface area contributed by atoms with Crippen molar-refractivity contribution in [3.8, 4) is 5.75 Å². The zero-order valence-electron chi connectivity index (χ0n) is 15.5. The molecule has 1 aromatic carbocycles. The maximum absolute atomic E-state index is 11.6. The number of hydrogen-bond acceptors (Lipinski definition) is 7. The predicted octanol–water partition coefficient (Wildman–Crippen LogP) is 2.14. The van der Waals surface area contributed by atoms with Gasteiger partial charge in [0.2, 0.25) is 0 Å². The molecular weight excluding hydrogens is 340 g/mol. The smallest absolute Gasteiger partial charge is 0.338 e. The third kappa shape index (κ3) is 7.29. The van der Waals surface area contributed by atoms with Crippen molar-refractivity contribution in [1.82, 2.24) is 0 Å². The van der Waals surface area contributed by atoms with E-state index in [-0.39, 0.29) is 12.1 Å². The molecule has 0 N–H and O–H groups in total. The van der Waals surface area contributed by atoms with E-state index >= 15 is 0 Å². The normalized spacial score (nSPS) is 18.5. The van der Waals surface area contributed by atoms with Crippen LogP contribution in [0.2, 0.25) is 0 Å². The Hall–Kier alpha value is -1.67. The molecule has 2 rings (SSSR count). The first-order chi connectivity index (χ1) is 12.8. The molecule has 0 saturated carbocycles. The third-order valence-corrected chi connectivity index (χ3v) is 3.66. The number of epoxide rings is 1. The molecule has 0 amide bonds. The van der Waals surface area contributed by atoms with Crippen molar-refractivity contribution in [1.29, 1.82) is 0 Å². The van der Waals surface area contributed by atoms with E-state index in [9.17, 15) is 4.79 Å². The summed E-state index contributed by atoms with van der Waals surface area (Å²) in [5.74, 6) is 0.440. The van der Waals surface area contributed by atoms with Gasteiger partial charge in [-0.15, -0.1) is 0 Å². The fourth-order valence-corrected chi connectivity index (χ4v) is 2.33. The Bertz CT molecular complexity index is 517. The van der Waals surface area contributed by atoms with Crippen LogP contribution in [0.5, 0.6) is 5.75 Å². The molecule has 1 aliphatic rings. The predicted molar refractivity (Wildman–Crippen MR) is 94.3 cm³/mol. The second kappa shape index (κ2) is 11.9. The molecule has 0 spiro atoms. The summed E-state index contributed by atoms with van der Waals surface area (Å²) < 4.78 is 31.9. The average molecular weight is 368 g/mol. The van der Waals surface area contributed by atoms with Gasteiger partial charge in [-0.1, -0.05) is 12.1 Å². The highest BCUT2D eigenvalue weighted by Gasteiger charge is 2.47. The molecule has 26 heavy (non-hydrogen) atoms. The van der Waals surface area contributed by atoms with Crippen LogP contribution in [0.4, 0.5) is 0 Å². The van der Waals surface area contributed by atoms with E-state index in [0.717, 1.165) is 11.3 Å². The second-order valence-electron chi connectivity index (χ2n) is 5.57. The fourth-order valence-electron chi connectivity index (χ4n) is 2.33. The SMILES string of the molecule is CCOCCOCCOCCOc1ccc([C@H]2O[C@@H]2C(=O)OCC)cc1. The zero-order valence-corrected chi connectivity index (χ0v) is 15.5. The minimum absolute atomic E-state index is 0.214. The highest BCUT2D eigenvalue weighted by atomic mass is 16.6. The van der Waals surface area contributed by atoms with Crippen LogP contribution in [0.3, 0.4) is 0 Å². The Morgan fingerprint density at radius 1 is 0.885 bits per heavy atom. The topological polar surface area (TPSA) is 75.8 Å². The number of carbonyl (C=O) groups is 1. The first-order valence-corrected chi connectivity index (χ1v) is 9.04. The Balaban J connectivity index is 1.53. The molecule has 0 unspecified atom stereocenters. The van der Waals surface area contributed by atoms with Crippen LogP contribution in [0.25, 0.3) is 0 Å². The van der Waals surface area contributed by atoms with Crippen LogP contribution >= 0.6 is 0 Å². The molecule has 1 heterocycles. The van der Waals surface area contributed by atoms with Crippen molar-refractivity contribution in [2.45, 2.75) is 26.1 Å². The number of hydrogen-bond donors (Lipinski definition) is 0. The van der Waals surface area contributed by atoms with E-state index < -0.39 is 6.10 Å². The Morgan fingerprint density at radius 3 is 2.12 bits per heavy atom. The van der Waals surface area contributed by atoms with Crippen molar-refractivity contribution in [3.05, 3.63) is 29.8 Å². The maximum Gasteiger partial charge on any atom is 0.338 e. The first kappa shape index (κ1) is 20.6. The summed E-state index contributed by atoms with van der Waals surface area (Å²) in [7, 11) is 0. The van der Waals surface area contributed by atoms with E-state index in [1.807, 2.05) is 31.2 Å². The molecule has 7 nitrogen and oxygen atoms in total. The molecule has 1 fully saturated rings. The average Bonchev–Trinajstić information content (AvgIpc) is 3.45. The Kier molecular flexibility index (Phi) is 9.41. The quantitative estimate of drug-likeness (QED) is 0.283. The highest BCUT2D eigenvalue weighted by molar-refractivity contribution is 5.78. The van der Waals surface area contributed by atoms with Gasteiger partial charge in [0.25, 0.3) is 0 Å². The van der Waals surface area contributed by atoms with Gasteiger partial charge in [-0.25, -0.2) is 4.79 Å². The standard InChI is InChI=1S/C19H28O7/c1-3-21-9-10-22-11-12-23-13-14-25-16-7-5-15(6-8-16)17-18(26-17)19(20)24-4-2/h5-8,17-18H,3-4,9-14H2,1-2H3/t17-,18+/m1/s1. The van der Waals surface area contributed by atoms with Crippen molar-refractivity contribution in [2.24, 2.45) is 0 Å². The van der Waals surface area contributed by atoms with Crippen molar-refractivity contribution in [3.63, 3.8) is 0 Å². The van der Waals surface area contributed by atoms with Crippen molar-refractivity contribution >= 4 is 5.97 Å². The monoisotopic (exact) mass is 368 g/mol. The number of ether oxygens (including phenoxy) is 6. The van der Waals surface area contributed by atoms with Gasteiger partial charge in [-0.05, 0) is 31.5 Å². The summed E-state index contributed by atoms with van der Waals surface area (Å²) in [5.41, 5.74) is 0.941. The van der Waals surface area contributed by atoms with Crippen LogP contribution in [0, 0.1) is 0 Å². The first-order valence-electron chi connectivity index (χ1n) is 9.04. The lowest BCUT2D eigenvalue weighted by molar-refractivity contribution is -0.144. The molecule has 0 aliphatic carbocycles. The lowest BCUT2D eigenvalue weighted by Gasteiger charge is -2.08. The van der Waals surface area contributed by atoms with Crippen molar-refractivity contribution < 1.29 is 33.2 Å². The van der Waals surface area contributed by atoms with Gasteiger partial charge >= 0.3 is 5.97 Å². The molecule has 1 saturated heterocycles. The van der Waals surface area contributed by atoms with Gasteiger partial charge in [0.15, 0.2) is 6.10 Å². The van der Waals surface area contributed by atoms with Crippen LogP contribution < -0.4 is 4.74 Å². The molecule has 0 aromatic heterocycles. The van der Waals surface area contributed by atoms with Crippen LogP contribution in [0.1, 0.15) is 25.5 Å². The van der Waals surface area contributed by atoms with Crippen LogP contribution in [-0.4, -0.2) is 64.9 Å². The largest absolute Gasteiger partial charge is 0.491 e. The van der Waals surface area contributed by atoms with Gasteiger partial charge in [-0.2, -0.15) is 0 Å². The summed E-state index contributed by atoms with van der Waals surface area (Å²) in [4.78, 5) is 11.6. The molecule has 2 atom stereocenters. The van der Waals surface area contributed by atoms with E-state index in [0.29, 0.717) is 52.9 Å². The summed E-state index contributed by atoms with van der Waals surface area (Å²) in [6.45, 7) is 8.03. The molecular formula is C19H28O7. The number of carbonyl (C=O) groups excluding carboxylic acids is 1. The minimum atomic E-state index is -0.481. The lowest BCUT2D eigenvalue weighted by atomic mass is 10.1. The fraction of sp³-hybridized carbons (Fsp3) is 0.632. The van der Waals surface area contributed by atoms with E-state index in [2.05, 4.69) is 0 Å². The molecule has 146 valence electrons. The highest BCUT2D eigenvalue weighted by Crippen LogP contribution is 2.39. The molecule has 0 bridgehead atoms.